The lowest BCUT2D eigenvalue weighted by Gasteiger charge is -2.19. The Balaban J connectivity index is 1.79. The van der Waals surface area contributed by atoms with E-state index in [0.717, 1.165) is 5.69 Å². The fraction of sp³-hybridized carbons (Fsp3) is 0.450. The van der Waals surface area contributed by atoms with E-state index in [1.54, 1.807) is 43.1 Å². The third kappa shape index (κ3) is 4.16. The van der Waals surface area contributed by atoms with E-state index in [4.69, 9.17) is 9.47 Å². The number of nitrogens with one attached hydrogen (secondary N) is 1. The Morgan fingerprint density at radius 1 is 1.29 bits per heavy atom. The molecule has 1 unspecified atom stereocenters. The number of carbonyl (C=O) groups is 1. The van der Waals surface area contributed by atoms with E-state index in [2.05, 4.69) is 10.3 Å². The van der Waals surface area contributed by atoms with Crippen LogP contribution in [-0.4, -0.2) is 35.4 Å². The second-order valence-corrected chi connectivity index (χ2v) is 8.65. The number of aromatic nitrogens is 2. The van der Waals surface area contributed by atoms with Crippen LogP contribution in [0.4, 0.5) is 5.69 Å². The Hall–Kier alpha value is -2.48. The molecule has 1 aromatic carbocycles. The maximum absolute atomic E-state index is 12.7. The molecule has 0 bridgehead atoms. The van der Waals surface area contributed by atoms with Gasteiger partial charge in [-0.3, -0.25) is 14.2 Å². The fourth-order valence-electron chi connectivity index (χ4n) is 3.01. The number of anilines is 1. The molecule has 0 radical (unpaired) electrons. The molecule has 1 amide bonds. The topological polar surface area (TPSA) is 82.5 Å². The Morgan fingerprint density at radius 3 is 2.68 bits per heavy atom. The van der Waals surface area contributed by atoms with Crippen LogP contribution in [0.15, 0.2) is 34.2 Å². The van der Waals surface area contributed by atoms with Gasteiger partial charge in [0.1, 0.15) is 11.5 Å². The highest BCUT2D eigenvalue weighted by Gasteiger charge is 2.29. The van der Waals surface area contributed by atoms with Crippen LogP contribution in [-0.2, 0) is 10.2 Å². The zero-order valence-electron chi connectivity index (χ0n) is 16.7. The van der Waals surface area contributed by atoms with Crippen molar-refractivity contribution in [3.8, 4) is 11.5 Å². The summed E-state index contributed by atoms with van der Waals surface area (Å²) in [4.78, 5) is 29.9. The van der Waals surface area contributed by atoms with Crippen molar-refractivity contribution in [1.82, 2.24) is 9.55 Å². The zero-order valence-corrected chi connectivity index (χ0v) is 17.6. The van der Waals surface area contributed by atoms with Crippen molar-refractivity contribution < 1.29 is 14.3 Å². The molecule has 0 saturated carbocycles. The third-order valence-electron chi connectivity index (χ3n) is 4.56. The largest absolute Gasteiger partial charge is 0.497 e. The second-order valence-electron chi connectivity index (χ2n) is 7.67. The molecule has 7 nitrogen and oxygen atoms in total. The fourth-order valence-corrected chi connectivity index (χ4v) is 4.16. The van der Waals surface area contributed by atoms with Crippen LogP contribution in [0.5, 0.6) is 11.5 Å². The van der Waals surface area contributed by atoms with Crippen molar-refractivity contribution in [2.24, 2.45) is 0 Å². The van der Waals surface area contributed by atoms with E-state index >= 15 is 0 Å². The molecule has 3 rings (SSSR count). The van der Waals surface area contributed by atoms with Crippen molar-refractivity contribution in [2.75, 3.05) is 25.3 Å². The third-order valence-corrected chi connectivity index (χ3v) is 5.66. The first-order valence-electron chi connectivity index (χ1n) is 9.01. The van der Waals surface area contributed by atoms with E-state index in [1.807, 2.05) is 20.8 Å². The summed E-state index contributed by atoms with van der Waals surface area (Å²) in [6.45, 7) is 6.08. The predicted octanol–water partition coefficient (Wildman–Crippen LogP) is 3.23. The molecule has 1 aromatic heterocycles. The molecule has 0 fully saturated rings. The van der Waals surface area contributed by atoms with Gasteiger partial charge in [-0.15, -0.1) is 0 Å². The standard InChI is InChI=1S/C20H25N3O4S/c1-20(2,3)16-10-18(25)23-12(11-28-19(23)22-16)8-17(24)21-14-9-13(26-4)6-7-15(14)27-5/h6-7,9-10,12H,8,11H2,1-5H3,(H,21,24). The van der Waals surface area contributed by atoms with Crippen molar-refractivity contribution in [3.63, 3.8) is 0 Å². The average Bonchev–Trinajstić information content (AvgIpc) is 3.04. The van der Waals surface area contributed by atoms with Crippen LogP contribution in [0.3, 0.4) is 0 Å². The lowest BCUT2D eigenvalue weighted by atomic mass is 9.92. The van der Waals surface area contributed by atoms with Crippen LogP contribution in [0.1, 0.15) is 38.9 Å². The van der Waals surface area contributed by atoms with Crippen molar-refractivity contribution >= 4 is 23.4 Å². The number of rotatable bonds is 5. The molecule has 1 aliphatic rings. The first-order chi connectivity index (χ1) is 13.2. The van der Waals surface area contributed by atoms with E-state index < -0.39 is 0 Å². The molecule has 28 heavy (non-hydrogen) atoms. The first-order valence-corrected chi connectivity index (χ1v) is 10.00. The monoisotopic (exact) mass is 403 g/mol. The summed E-state index contributed by atoms with van der Waals surface area (Å²) in [6.07, 6.45) is 0.177. The van der Waals surface area contributed by atoms with Gasteiger partial charge in [0, 0.05) is 29.7 Å². The number of fused-ring (bicyclic) bond motifs is 1. The van der Waals surface area contributed by atoms with Crippen molar-refractivity contribution in [3.05, 3.63) is 40.3 Å². The van der Waals surface area contributed by atoms with E-state index in [0.29, 0.717) is 28.1 Å². The van der Waals surface area contributed by atoms with E-state index in [-0.39, 0.29) is 29.3 Å². The minimum Gasteiger partial charge on any atom is -0.497 e. The van der Waals surface area contributed by atoms with Gasteiger partial charge in [0.15, 0.2) is 5.16 Å². The van der Waals surface area contributed by atoms with Gasteiger partial charge >= 0.3 is 0 Å². The molecule has 0 saturated heterocycles. The number of benzene rings is 1. The zero-order chi connectivity index (χ0) is 20.5. The molecule has 1 N–H and O–H groups in total. The lowest BCUT2D eigenvalue weighted by Crippen LogP contribution is -2.29. The predicted molar refractivity (Wildman–Crippen MR) is 110 cm³/mol. The van der Waals surface area contributed by atoms with Gasteiger partial charge in [-0.25, -0.2) is 4.98 Å². The number of ether oxygens (including phenoxy) is 2. The van der Waals surface area contributed by atoms with Gasteiger partial charge < -0.3 is 14.8 Å². The van der Waals surface area contributed by atoms with Gasteiger partial charge in [-0.1, -0.05) is 32.5 Å². The summed E-state index contributed by atoms with van der Waals surface area (Å²) in [5.74, 6) is 1.60. The number of methoxy groups -OCH3 is 2. The molecule has 2 aromatic rings. The highest BCUT2D eigenvalue weighted by Crippen LogP contribution is 2.34. The maximum atomic E-state index is 12.7. The first kappa shape index (κ1) is 20.3. The summed E-state index contributed by atoms with van der Waals surface area (Å²) in [7, 11) is 3.10. The molecular formula is C20H25N3O4S. The summed E-state index contributed by atoms with van der Waals surface area (Å²) < 4.78 is 12.1. The van der Waals surface area contributed by atoms with Gasteiger partial charge in [0.25, 0.3) is 5.56 Å². The van der Waals surface area contributed by atoms with E-state index in [1.165, 1.54) is 11.8 Å². The molecule has 1 atom stereocenters. The van der Waals surface area contributed by atoms with Crippen LogP contribution >= 0.6 is 11.8 Å². The Labute approximate surface area is 168 Å². The van der Waals surface area contributed by atoms with Gasteiger partial charge in [-0.05, 0) is 12.1 Å². The number of thioether (sulfide) groups is 1. The summed E-state index contributed by atoms with van der Waals surface area (Å²) in [5.41, 5.74) is 0.985. The molecule has 8 heteroatoms. The highest BCUT2D eigenvalue weighted by atomic mass is 32.2. The van der Waals surface area contributed by atoms with Crippen LogP contribution in [0.25, 0.3) is 0 Å². The smallest absolute Gasteiger partial charge is 0.254 e. The molecule has 0 aliphatic carbocycles. The summed E-state index contributed by atoms with van der Waals surface area (Å²) in [5, 5.41) is 3.54. The number of carbonyl (C=O) groups excluding carboxylic acids is 1. The Bertz CT molecular complexity index is 949. The number of nitrogens with zero attached hydrogens (tertiary/aromatic N) is 2. The van der Waals surface area contributed by atoms with Gasteiger partial charge in [0.2, 0.25) is 5.91 Å². The van der Waals surface area contributed by atoms with Crippen molar-refractivity contribution in [1.29, 1.82) is 0 Å². The second kappa shape index (κ2) is 7.87. The summed E-state index contributed by atoms with van der Waals surface area (Å²) >= 11 is 1.51. The average molecular weight is 404 g/mol. The van der Waals surface area contributed by atoms with Gasteiger partial charge in [-0.2, -0.15) is 0 Å². The lowest BCUT2D eigenvalue weighted by molar-refractivity contribution is -0.116. The van der Waals surface area contributed by atoms with Crippen LogP contribution in [0.2, 0.25) is 0 Å². The van der Waals surface area contributed by atoms with E-state index in [9.17, 15) is 9.59 Å². The molecule has 1 aliphatic heterocycles. The SMILES string of the molecule is COc1ccc(OC)c(NC(=O)CC2CSc3nc(C(C)(C)C)cc(=O)n32)c1. The molecular weight excluding hydrogens is 378 g/mol. The maximum Gasteiger partial charge on any atom is 0.254 e. The summed E-state index contributed by atoms with van der Waals surface area (Å²) in [6, 6.07) is 6.54. The normalized spacial score (nSPS) is 15.8. The Kier molecular flexibility index (Phi) is 5.69. The van der Waals surface area contributed by atoms with Crippen LogP contribution in [0, 0.1) is 0 Å². The van der Waals surface area contributed by atoms with Crippen molar-refractivity contribution in [2.45, 2.75) is 43.8 Å². The minimum atomic E-state index is -0.231. The molecule has 2 heterocycles. The molecule has 150 valence electrons. The number of hydrogen-bond donors (Lipinski definition) is 1. The van der Waals surface area contributed by atoms with Crippen LogP contribution < -0.4 is 20.3 Å². The minimum absolute atomic E-state index is 0.114. The number of amides is 1. The number of hydrogen-bond acceptors (Lipinski definition) is 6. The molecule has 0 spiro atoms. The Morgan fingerprint density at radius 2 is 2.04 bits per heavy atom. The van der Waals surface area contributed by atoms with Gasteiger partial charge in [0.05, 0.1) is 31.6 Å². The highest BCUT2D eigenvalue weighted by molar-refractivity contribution is 7.99. The quantitative estimate of drug-likeness (QED) is 0.772.